The Bertz CT molecular complexity index is 461. The molecule has 0 heterocycles. The van der Waals surface area contributed by atoms with Gasteiger partial charge in [-0.15, -0.1) is 0 Å². The summed E-state index contributed by atoms with van der Waals surface area (Å²) < 4.78 is 26.1. The van der Waals surface area contributed by atoms with Crippen LogP contribution >= 0.6 is 0 Å². The number of hydrogen-bond donors (Lipinski definition) is 1. The number of hydrogen-bond acceptors (Lipinski definition) is 2. The van der Waals surface area contributed by atoms with Gasteiger partial charge in [0.1, 0.15) is 0 Å². The zero-order chi connectivity index (χ0) is 15.3. The van der Waals surface area contributed by atoms with Crippen LogP contribution in [0.1, 0.15) is 38.3 Å². The molecule has 0 bridgehead atoms. The molecule has 20 heavy (non-hydrogen) atoms. The largest absolute Gasteiger partial charge is 0.339 e. The zero-order valence-corrected chi connectivity index (χ0v) is 12.2. The highest BCUT2D eigenvalue weighted by molar-refractivity contribution is 5.76. The summed E-state index contributed by atoms with van der Waals surface area (Å²) in [5.41, 5.74) is 6.16. The molecule has 0 saturated heterocycles. The average molecular weight is 284 g/mol. The number of carbonyl (C=O) groups is 1. The Labute approximate surface area is 118 Å². The Kier molecular flexibility index (Phi) is 6.07. The molecular weight excluding hydrogens is 262 g/mol. The van der Waals surface area contributed by atoms with Gasteiger partial charge < -0.3 is 10.6 Å². The van der Waals surface area contributed by atoms with Crippen LogP contribution in [0.4, 0.5) is 8.78 Å². The smallest absolute Gasteiger partial charge is 0.223 e. The van der Waals surface area contributed by atoms with Gasteiger partial charge in [-0.2, -0.15) is 0 Å². The molecule has 0 aromatic heterocycles. The van der Waals surface area contributed by atoms with Gasteiger partial charge in [0.15, 0.2) is 11.6 Å². The standard InChI is InChI=1S/C15H22F2N2O/c1-4-11(9-18)7-15(20)19(3)10(2)12-5-6-13(16)14(17)8-12/h5-6,8,10-11H,4,7,9,18H2,1-3H3. The second-order valence-electron chi connectivity index (χ2n) is 5.07. The Morgan fingerprint density at radius 2 is 2.00 bits per heavy atom. The molecule has 1 aromatic carbocycles. The quantitative estimate of drug-likeness (QED) is 0.873. The Morgan fingerprint density at radius 3 is 2.50 bits per heavy atom. The third-order valence-corrected chi connectivity index (χ3v) is 3.77. The molecule has 0 aliphatic heterocycles. The van der Waals surface area contributed by atoms with Crippen molar-refractivity contribution in [1.29, 1.82) is 0 Å². The van der Waals surface area contributed by atoms with Gasteiger partial charge in [-0.3, -0.25) is 4.79 Å². The summed E-state index contributed by atoms with van der Waals surface area (Å²) in [5, 5.41) is 0. The monoisotopic (exact) mass is 284 g/mol. The molecular formula is C15H22F2N2O. The molecule has 3 nitrogen and oxygen atoms in total. The summed E-state index contributed by atoms with van der Waals surface area (Å²) >= 11 is 0. The Hall–Kier alpha value is -1.49. The molecule has 0 aliphatic carbocycles. The van der Waals surface area contributed by atoms with Crippen molar-refractivity contribution in [2.45, 2.75) is 32.7 Å². The van der Waals surface area contributed by atoms with Crippen molar-refractivity contribution in [1.82, 2.24) is 4.90 Å². The predicted octanol–water partition coefficient (Wildman–Crippen LogP) is 2.86. The molecule has 2 unspecified atom stereocenters. The SMILES string of the molecule is CCC(CN)CC(=O)N(C)C(C)c1ccc(F)c(F)c1. The van der Waals surface area contributed by atoms with Gasteiger partial charge in [-0.05, 0) is 37.1 Å². The normalized spacial score (nSPS) is 13.9. The fraction of sp³-hybridized carbons (Fsp3) is 0.533. The van der Waals surface area contributed by atoms with Gasteiger partial charge in [-0.1, -0.05) is 19.4 Å². The van der Waals surface area contributed by atoms with Crippen LogP contribution < -0.4 is 5.73 Å². The molecule has 1 amide bonds. The number of amides is 1. The Morgan fingerprint density at radius 1 is 1.35 bits per heavy atom. The minimum Gasteiger partial charge on any atom is -0.339 e. The van der Waals surface area contributed by atoms with Crippen LogP contribution in [0.3, 0.4) is 0 Å². The van der Waals surface area contributed by atoms with Crippen molar-refractivity contribution in [3.05, 3.63) is 35.4 Å². The van der Waals surface area contributed by atoms with Crippen LogP contribution in [0.5, 0.6) is 0 Å². The minimum atomic E-state index is -0.899. The molecule has 2 atom stereocenters. The maximum absolute atomic E-state index is 13.2. The first-order valence-corrected chi connectivity index (χ1v) is 6.81. The fourth-order valence-corrected chi connectivity index (χ4v) is 2.00. The van der Waals surface area contributed by atoms with E-state index in [2.05, 4.69) is 0 Å². The summed E-state index contributed by atoms with van der Waals surface area (Å²) in [6, 6.07) is 3.39. The van der Waals surface area contributed by atoms with Crippen molar-refractivity contribution in [3.8, 4) is 0 Å². The second kappa shape index (κ2) is 7.33. The van der Waals surface area contributed by atoms with Crippen molar-refractivity contribution >= 4 is 5.91 Å². The lowest BCUT2D eigenvalue weighted by Gasteiger charge is -2.27. The van der Waals surface area contributed by atoms with Gasteiger partial charge in [0, 0.05) is 13.5 Å². The van der Waals surface area contributed by atoms with Gasteiger partial charge in [0.05, 0.1) is 6.04 Å². The van der Waals surface area contributed by atoms with E-state index in [0.29, 0.717) is 18.5 Å². The fourth-order valence-electron chi connectivity index (χ4n) is 2.00. The molecule has 0 radical (unpaired) electrons. The summed E-state index contributed by atoms with van der Waals surface area (Å²) in [4.78, 5) is 13.7. The van der Waals surface area contributed by atoms with E-state index in [1.54, 1.807) is 18.9 Å². The molecule has 0 aliphatic rings. The number of carbonyl (C=O) groups excluding carboxylic acids is 1. The van der Waals surface area contributed by atoms with E-state index in [-0.39, 0.29) is 17.9 Å². The van der Waals surface area contributed by atoms with Crippen LogP contribution in [-0.2, 0) is 4.79 Å². The predicted molar refractivity (Wildman–Crippen MR) is 75.0 cm³/mol. The lowest BCUT2D eigenvalue weighted by atomic mass is 10.0. The van der Waals surface area contributed by atoms with E-state index in [0.717, 1.165) is 18.6 Å². The van der Waals surface area contributed by atoms with Crippen molar-refractivity contribution < 1.29 is 13.6 Å². The summed E-state index contributed by atoms with van der Waals surface area (Å²) in [5.74, 6) is -1.67. The van der Waals surface area contributed by atoms with Gasteiger partial charge in [-0.25, -0.2) is 8.78 Å². The van der Waals surface area contributed by atoms with Crippen LogP contribution in [0.25, 0.3) is 0 Å². The number of rotatable bonds is 6. The van der Waals surface area contributed by atoms with Crippen molar-refractivity contribution in [2.75, 3.05) is 13.6 Å². The Balaban J connectivity index is 2.77. The molecule has 112 valence electrons. The third-order valence-electron chi connectivity index (χ3n) is 3.77. The number of benzene rings is 1. The summed E-state index contributed by atoms with van der Waals surface area (Å²) in [7, 11) is 1.66. The van der Waals surface area contributed by atoms with E-state index < -0.39 is 11.6 Å². The van der Waals surface area contributed by atoms with E-state index in [1.807, 2.05) is 6.92 Å². The highest BCUT2D eigenvalue weighted by atomic mass is 19.2. The van der Waals surface area contributed by atoms with Crippen LogP contribution in [-0.4, -0.2) is 24.4 Å². The molecule has 0 spiro atoms. The third kappa shape index (κ3) is 4.00. The number of halogens is 2. The first-order chi connectivity index (χ1) is 9.40. The van der Waals surface area contributed by atoms with E-state index in [9.17, 15) is 13.6 Å². The van der Waals surface area contributed by atoms with Crippen molar-refractivity contribution in [2.24, 2.45) is 11.7 Å². The first kappa shape index (κ1) is 16.6. The summed E-state index contributed by atoms with van der Waals surface area (Å²) in [6.07, 6.45) is 1.22. The molecule has 2 N–H and O–H groups in total. The molecule has 1 aromatic rings. The van der Waals surface area contributed by atoms with Crippen LogP contribution in [0.15, 0.2) is 18.2 Å². The van der Waals surface area contributed by atoms with E-state index >= 15 is 0 Å². The highest BCUT2D eigenvalue weighted by Gasteiger charge is 2.20. The average Bonchev–Trinajstić information content (AvgIpc) is 2.45. The van der Waals surface area contributed by atoms with Gasteiger partial charge in [0.25, 0.3) is 0 Å². The minimum absolute atomic E-state index is 0.0421. The molecule has 0 fully saturated rings. The maximum atomic E-state index is 13.2. The number of nitrogens with zero attached hydrogens (tertiary/aromatic N) is 1. The van der Waals surface area contributed by atoms with E-state index in [4.69, 9.17) is 5.73 Å². The molecule has 0 saturated carbocycles. The topological polar surface area (TPSA) is 46.3 Å². The number of nitrogens with two attached hydrogens (primary N) is 1. The van der Waals surface area contributed by atoms with Gasteiger partial charge in [0.2, 0.25) is 5.91 Å². The summed E-state index contributed by atoms with van der Waals surface area (Å²) in [6.45, 7) is 4.24. The van der Waals surface area contributed by atoms with Crippen molar-refractivity contribution in [3.63, 3.8) is 0 Å². The first-order valence-electron chi connectivity index (χ1n) is 6.81. The lowest BCUT2D eigenvalue weighted by Crippen LogP contribution is -2.32. The molecule has 5 heteroatoms. The van der Waals surface area contributed by atoms with Gasteiger partial charge >= 0.3 is 0 Å². The highest BCUT2D eigenvalue weighted by Crippen LogP contribution is 2.22. The second-order valence-corrected chi connectivity index (χ2v) is 5.07. The van der Waals surface area contributed by atoms with Crippen LogP contribution in [0, 0.1) is 17.6 Å². The zero-order valence-electron chi connectivity index (χ0n) is 12.2. The van der Waals surface area contributed by atoms with E-state index in [1.165, 1.54) is 6.07 Å². The lowest BCUT2D eigenvalue weighted by molar-refractivity contribution is -0.132. The van der Waals surface area contributed by atoms with Crippen LogP contribution in [0.2, 0.25) is 0 Å². The maximum Gasteiger partial charge on any atom is 0.223 e. The molecule has 1 rings (SSSR count).